The van der Waals surface area contributed by atoms with E-state index < -0.39 is 0 Å². The third kappa shape index (κ3) is 2.43. The van der Waals surface area contributed by atoms with Gasteiger partial charge in [0, 0.05) is 42.3 Å². The van der Waals surface area contributed by atoms with Gasteiger partial charge in [0.15, 0.2) is 5.82 Å². The van der Waals surface area contributed by atoms with Crippen LogP contribution in [0, 0.1) is 6.92 Å². The van der Waals surface area contributed by atoms with Crippen molar-refractivity contribution in [3.05, 3.63) is 47.4 Å². The zero-order valence-electron chi connectivity index (χ0n) is 14.3. The first-order chi connectivity index (χ1) is 11.6. The number of aryl methyl sites for hydroxylation is 2. The molecule has 0 aliphatic carbocycles. The molecule has 6 heteroatoms. The summed E-state index contributed by atoms with van der Waals surface area (Å²) in [6, 6.07) is 8.75. The lowest BCUT2D eigenvalue weighted by molar-refractivity contribution is 0.220. The molecule has 0 fully saturated rings. The number of nitrogens with zero attached hydrogens (tertiary/aromatic N) is 5. The van der Waals surface area contributed by atoms with Crippen molar-refractivity contribution in [2.45, 2.75) is 26.3 Å². The number of aromatic amines is 1. The Bertz CT molecular complexity index is 903. The Morgan fingerprint density at radius 1 is 1.25 bits per heavy atom. The lowest BCUT2D eigenvalue weighted by Gasteiger charge is -2.31. The van der Waals surface area contributed by atoms with Gasteiger partial charge in [-0.3, -0.25) is 4.90 Å². The first kappa shape index (κ1) is 15.1. The van der Waals surface area contributed by atoms with Crippen molar-refractivity contribution in [3.8, 4) is 0 Å². The average Bonchev–Trinajstić information content (AvgIpc) is 3.16. The molecule has 1 N–H and O–H groups in total. The maximum Gasteiger partial charge on any atom is 0.167 e. The lowest BCUT2D eigenvalue weighted by Crippen LogP contribution is -2.32. The fraction of sp³-hybridized carbons (Fsp3) is 0.389. The van der Waals surface area contributed by atoms with Gasteiger partial charge in [-0.2, -0.15) is 0 Å². The van der Waals surface area contributed by atoms with Crippen molar-refractivity contribution in [2.24, 2.45) is 7.05 Å². The van der Waals surface area contributed by atoms with Crippen LogP contribution in [0.3, 0.4) is 0 Å². The Kier molecular flexibility index (Phi) is 3.69. The van der Waals surface area contributed by atoms with E-state index in [1.165, 1.54) is 27.7 Å². The van der Waals surface area contributed by atoms with Crippen LogP contribution in [0.25, 0.3) is 16.5 Å². The molecule has 24 heavy (non-hydrogen) atoms. The van der Waals surface area contributed by atoms with Crippen molar-refractivity contribution < 1.29 is 0 Å². The molecule has 2 aromatic heterocycles. The molecule has 6 nitrogen and oxygen atoms in total. The second-order valence-corrected chi connectivity index (χ2v) is 6.48. The minimum absolute atomic E-state index is 0.215. The summed E-state index contributed by atoms with van der Waals surface area (Å²) in [4.78, 5) is 5.92. The highest BCUT2D eigenvalue weighted by atomic mass is 15.5. The smallest absolute Gasteiger partial charge is 0.167 e. The molecule has 4 rings (SSSR count). The van der Waals surface area contributed by atoms with Crippen LogP contribution in [0.4, 0.5) is 0 Å². The molecule has 0 saturated carbocycles. The van der Waals surface area contributed by atoms with E-state index >= 15 is 0 Å². The molecule has 0 bridgehead atoms. The normalized spacial score (nSPS) is 17.2. The molecule has 124 valence electrons. The largest absolute Gasteiger partial charge is 0.358 e. The molecular formula is C18H22N6. The van der Waals surface area contributed by atoms with Gasteiger partial charge in [-0.25, -0.2) is 4.68 Å². The van der Waals surface area contributed by atoms with Gasteiger partial charge in [0.2, 0.25) is 0 Å². The van der Waals surface area contributed by atoms with Crippen molar-refractivity contribution >= 4 is 16.5 Å². The van der Waals surface area contributed by atoms with E-state index in [1.807, 2.05) is 7.05 Å². The molecule has 3 heterocycles. The molecule has 0 radical (unpaired) electrons. The summed E-state index contributed by atoms with van der Waals surface area (Å²) >= 11 is 0. The Hall–Kier alpha value is -2.47. The van der Waals surface area contributed by atoms with Gasteiger partial charge in [0.1, 0.15) is 0 Å². The maximum absolute atomic E-state index is 4.15. The number of hydrogen-bond donors (Lipinski definition) is 1. The quantitative estimate of drug-likeness (QED) is 0.805. The molecular weight excluding hydrogens is 300 g/mol. The van der Waals surface area contributed by atoms with E-state index in [1.54, 1.807) is 4.68 Å². The van der Waals surface area contributed by atoms with E-state index in [4.69, 9.17) is 0 Å². The maximum atomic E-state index is 4.15. The predicted octanol–water partition coefficient (Wildman–Crippen LogP) is 2.85. The summed E-state index contributed by atoms with van der Waals surface area (Å²) in [6.07, 6.45) is 3.39. The van der Waals surface area contributed by atoms with Gasteiger partial charge in [-0.05, 0) is 42.3 Å². The summed E-state index contributed by atoms with van der Waals surface area (Å²) in [5, 5.41) is 13.2. The monoisotopic (exact) mass is 322 g/mol. The Balaban J connectivity index is 1.60. The lowest BCUT2D eigenvalue weighted by atomic mass is 9.96. The number of nitrogens with one attached hydrogen (secondary N) is 1. The fourth-order valence-corrected chi connectivity index (χ4v) is 3.71. The molecule has 0 unspecified atom stereocenters. The van der Waals surface area contributed by atoms with Crippen LogP contribution in [-0.4, -0.2) is 43.2 Å². The van der Waals surface area contributed by atoms with Gasteiger partial charge in [0.25, 0.3) is 0 Å². The molecule has 1 aliphatic rings. The van der Waals surface area contributed by atoms with Crippen LogP contribution in [0.5, 0.6) is 0 Å². The molecule has 1 aliphatic heterocycles. The molecule has 3 aromatic rings. The van der Waals surface area contributed by atoms with Crippen molar-refractivity contribution in [1.82, 2.24) is 30.1 Å². The first-order valence-corrected chi connectivity index (χ1v) is 8.38. The second-order valence-electron chi connectivity index (χ2n) is 6.48. The van der Waals surface area contributed by atoms with Crippen LogP contribution in [0.15, 0.2) is 30.3 Å². The van der Waals surface area contributed by atoms with Gasteiger partial charge < -0.3 is 4.98 Å². The molecule has 0 spiro atoms. The van der Waals surface area contributed by atoms with Gasteiger partial charge in [0.05, 0.1) is 6.04 Å². The van der Waals surface area contributed by atoms with E-state index in [9.17, 15) is 0 Å². The predicted molar refractivity (Wildman–Crippen MR) is 94.4 cm³/mol. The average molecular weight is 322 g/mol. The standard InChI is InChI=1S/C18H22N6/c1-12-17(15-6-4-5-7-16(15)19-12)14-8-10-24(11-9-14)13(2)18-20-21-22-23(18)3/h4-8,13,19H,9-11H2,1-3H3/t13-/m1/s1. The number of rotatable bonds is 3. The molecule has 1 atom stereocenters. The molecule has 0 saturated heterocycles. The Labute approximate surface area is 141 Å². The zero-order valence-corrected chi connectivity index (χ0v) is 14.3. The van der Waals surface area contributed by atoms with Crippen molar-refractivity contribution in [1.29, 1.82) is 0 Å². The number of aromatic nitrogens is 5. The summed E-state index contributed by atoms with van der Waals surface area (Å²) in [5.74, 6) is 0.912. The number of fused-ring (bicyclic) bond motifs is 1. The minimum atomic E-state index is 0.215. The first-order valence-electron chi connectivity index (χ1n) is 8.38. The number of para-hydroxylation sites is 1. The number of H-pyrrole nitrogens is 1. The summed E-state index contributed by atoms with van der Waals surface area (Å²) in [7, 11) is 1.90. The third-order valence-corrected chi connectivity index (χ3v) is 5.03. The van der Waals surface area contributed by atoms with E-state index in [0.717, 1.165) is 25.3 Å². The van der Waals surface area contributed by atoms with Crippen LogP contribution in [0.1, 0.15) is 36.5 Å². The van der Waals surface area contributed by atoms with Crippen LogP contribution < -0.4 is 0 Å². The summed E-state index contributed by atoms with van der Waals surface area (Å²) in [6.45, 7) is 6.26. The van der Waals surface area contributed by atoms with Gasteiger partial charge in [-0.1, -0.05) is 24.3 Å². The van der Waals surface area contributed by atoms with Crippen LogP contribution in [0.2, 0.25) is 0 Å². The summed E-state index contributed by atoms with van der Waals surface area (Å²) < 4.78 is 1.76. The fourth-order valence-electron chi connectivity index (χ4n) is 3.71. The third-order valence-electron chi connectivity index (χ3n) is 5.03. The Morgan fingerprint density at radius 2 is 2.08 bits per heavy atom. The van der Waals surface area contributed by atoms with E-state index in [0.29, 0.717) is 0 Å². The number of tetrazole rings is 1. The van der Waals surface area contributed by atoms with Gasteiger partial charge in [-0.15, -0.1) is 5.10 Å². The SMILES string of the molecule is Cc1[nH]c2ccccc2c1C1=CCN([C@H](C)c2nnnn2C)CC1. The Morgan fingerprint density at radius 3 is 2.79 bits per heavy atom. The van der Waals surface area contributed by atoms with E-state index in [2.05, 4.69) is 69.6 Å². The highest BCUT2D eigenvalue weighted by Crippen LogP contribution is 2.33. The van der Waals surface area contributed by atoms with Crippen molar-refractivity contribution in [2.75, 3.05) is 13.1 Å². The van der Waals surface area contributed by atoms with Gasteiger partial charge >= 0.3 is 0 Å². The van der Waals surface area contributed by atoms with E-state index in [-0.39, 0.29) is 6.04 Å². The van der Waals surface area contributed by atoms with Crippen LogP contribution >= 0.6 is 0 Å². The minimum Gasteiger partial charge on any atom is -0.358 e. The number of hydrogen-bond acceptors (Lipinski definition) is 4. The zero-order chi connectivity index (χ0) is 16.7. The topological polar surface area (TPSA) is 62.6 Å². The van der Waals surface area contributed by atoms with Crippen LogP contribution in [-0.2, 0) is 7.05 Å². The molecule has 0 amide bonds. The second kappa shape index (κ2) is 5.87. The highest BCUT2D eigenvalue weighted by molar-refractivity contribution is 5.94. The van der Waals surface area contributed by atoms with Crippen molar-refractivity contribution in [3.63, 3.8) is 0 Å². The molecule has 1 aromatic carbocycles. The highest BCUT2D eigenvalue weighted by Gasteiger charge is 2.24. The summed E-state index contributed by atoms with van der Waals surface area (Å²) in [5.41, 5.74) is 5.27. The number of benzene rings is 1.